The maximum atomic E-state index is 13.2. The Morgan fingerprint density at radius 2 is 1.77 bits per heavy atom. The average Bonchev–Trinajstić information content (AvgIpc) is 3.49. The summed E-state index contributed by atoms with van der Waals surface area (Å²) >= 11 is 0. The number of carbonyl (C=O) groups excluding carboxylic acids is 2. The Balaban J connectivity index is 1.38. The third-order valence-electron chi connectivity index (χ3n) is 5.83. The Morgan fingerprint density at radius 1 is 1.07 bits per heavy atom. The Labute approximate surface area is 167 Å². The highest BCUT2D eigenvalue weighted by Gasteiger charge is 2.49. The van der Waals surface area contributed by atoms with Gasteiger partial charge in [0, 0.05) is 30.9 Å². The van der Waals surface area contributed by atoms with Gasteiger partial charge in [-0.1, -0.05) is 0 Å². The highest BCUT2D eigenvalue weighted by molar-refractivity contribution is 6.06. The number of aromatic nitrogens is 5. The topological polar surface area (TPSA) is 111 Å². The Bertz CT molecular complexity index is 1140. The lowest BCUT2D eigenvalue weighted by Gasteiger charge is -2.25. The van der Waals surface area contributed by atoms with Gasteiger partial charge >= 0.3 is 6.18 Å². The molecule has 3 aromatic heterocycles. The molecule has 156 valence electrons. The molecule has 2 fully saturated rings. The molecule has 12 heteroatoms. The van der Waals surface area contributed by atoms with Crippen LogP contribution in [-0.4, -0.2) is 72.2 Å². The number of fused-ring (bicyclic) bond motifs is 2. The van der Waals surface area contributed by atoms with E-state index in [1.807, 2.05) is 5.21 Å². The summed E-state index contributed by atoms with van der Waals surface area (Å²) in [6.45, 7) is 0.667. The first kappa shape index (κ1) is 18.6. The molecular weight excluding hydrogens is 403 g/mol. The number of aromatic amines is 2. The van der Waals surface area contributed by atoms with Crippen LogP contribution in [0.5, 0.6) is 0 Å². The normalized spacial score (nSPS) is 21.4. The Kier molecular flexibility index (Phi) is 4.05. The molecule has 0 aliphatic carbocycles. The summed E-state index contributed by atoms with van der Waals surface area (Å²) in [6.07, 6.45) is 1.07. The zero-order valence-corrected chi connectivity index (χ0v) is 15.5. The number of hydrogen-bond acceptors (Lipinski definition) is 5. The molecule has 2 N–H and O–H groups in total. The van der Waals surface area contributed by atoms with Crippen LogP contribution in [0.3, 0.4) is 0 Å². The summed E-state index contributed by atoms with van der Waals surface area (Å²) in [6, 6.07) is 1.14. The van der Waals surface area contributed by atoms with Gasteiger partial charge in [-0.25, -0.2) is 0 Å². The van der Waals surface area contributed by atoms with Crippen molar-refractivity contribution in [1.82, 2.24) is 35.2 Å². The Hall–Kier alpha value is -3.44. The maximum absolute atomic E-state index is 13.2. The van der Waals surface area contributed by atoms with Crippen LogP contribution >= 0.6 is 0 Å². The summed E-state index contributed by atoms with van der Waals surface area (Å²) in [7, 11) is 0. The van der Waals surface area contributed by atoms with Crippen LogP contribution in [0.15, 0.2) is 24.7 Å². The van der Waals surface area contributed by atoms with E-state index in [4.69, 9.17) is 0 Å². The third-order valence-corrected chi connectivity index (χ3v) is 5.83. The lowest BCUT2D eigenvalue weighted by Crippen LogP contribution is -2.42. The van der Waals surface area contributed by atoms with Crippen LogP contribution in [0.1, 0.15) is 39.4 Å². The van der Waals surface area contributed by atoms with Gasteiger partial charge in [-0.05, 0) is 18.9 Å². The second-order valence-corrected chi connectivity index (χ2v) is 7.35. The first-order chi connectivity index (χ1) is 14.4. The van der Waals surface area contributed by atoms with Crippen LogP contribution in [0, 0.1) is 0 Å². The standard InChI is InChI=1S/C18H16F3N7O2/c19-18(20,21)15-14(24-26-25-15)17(30)28-6-3-12-13(28)2-5-27(12)16(29)10-7-23-11-8-22-4-1-9(10)11/h1,4,7-8,12-13,23H,2-3,5-6H2,(H,24,25,26)/t12-,13+/m0/s1. The van der Waals surface area contributed by atoms with Crippen LogP contribution in [0.4, 0.5) is 13.2 Å². The second-order valence-electron chi connectivity index (χ2n) is 7.35. The molecule has 2 aliphatic heterocycles. The van der Waals surface area contributed by atoms with Gasteiger partial charge in [0.1, 0.15) is 0 Å². The fraction of sp³-hybridized carbons (Fsp3) is 0.389. The predicted molar refractivity (Wildman–Crippen MR) is 96.4 cm³/mol. The molecule has 30 heavy (non-hydrogen) atoms. The van der Waals surface area contributed by atoms with Crippen molar-refractivity contribution < 1.29 is 22.8 Å². The van der Waals surface area contributed by atoms with E-state index in [9.17, 15) is 22.8 Å². The van der Waals surface area contributed by atoms with E-state index in [1.165, 1.54) is 4.90 Å². The number of H-pyrrole nitrogens is 2. The highest BCUT2D eigenvalue weighted by atomic mass is 19.4. The number of rotatable bonds is 2. The van der Waals surface area contributed by atoms with Gasteiger partial charge in [0.25, 0.3) is 11.8 Å². The van der Waals surface area contributed by atoms with E-state index < -0.39 is 23.5 Å². The van der Waals surface area contributed by atoms with Crippen molar-refractivity contribution in [1.29, 1.82) is 0 Å². The first-order valence-electron chi connectivity index (χ1n) is 9.37. The van der Waals surface area contributed by atoms with Gasteiger partial charge in [-0.3, -0.25) is 14.6 Å². The molecule has 9 nitrogen and oxygen atoms in total. The SMILES string of the molecule is O=C(c1n[nH]nc1C(F)(F)F)N1CC[C@H]2[C@H]1CCN2C(=O)c1c[nH]c2cnccc12. The minimum atomic E-state index is -4.78. The lowest BCUT2D eigenvalue weighted by molar-refractivity contribution is -0.141. The lowest BCUT2D eigenvalue weighted by atomic mass is 10.1. The average molecular weight is 419 g/mol. The number of nitrogens with one attached hydrogen (secondary N) is 2. The monoisotopic (exact) mass is 419 g/mol. The number of pyridine rings is 1. The maximum Gasteiger partial charge on any atom is 0.437 e. The van der Waals surface area contributed by atoms with Gasteiger partial charge < -0.3 is 14.8 Å². The summed E-state index contributed by atoms with van der Waals surface area (Å²) in [5.41, 5.74) is -0.814. The summed E-state index contributed by atoms with van der Waals surface area (Å²) in [5, 5.41) is 9.16. The van der Waals surface area contributed by atoms with Crippen molar-refractivity contribution in [3.05, 3.63) is 41.6 Å². The summed E-state index contributed by atoms with van der Waals surface area (Å²) in [4.78, 5) is 36.1. The van der Waals surface area contributed by atoms with E-state index in [1.54, 1.807) is 29.6 Å². The van der Waals surface area contributed by atoms with E-state index in [2.05, 4.69) is 20.2 Å². The number of alkyl halides is 3. The van der Waals surface area contributed by atoms with Crippen molar-refractivity contribution in [3.8, 4) is 0 Å². The van der Waals surface area contributed by atoms with Gasteiger partial charge in [-0.2, -0.15) is 28.6 Å². The van der Waals surface area contributed by atoms with E-state index in [0.717, 1.165) is 10.9 Å². The number of amides is 2. The molecular formula is C18H16F3N7O2. The van der Waals surface area contributed by atoms with Gasteiger partial charge in [0.05, 0.1) is 29.4 Å². The first-order valence-corrected chi connectivity index (χ1v) is 9.37. The van der Waals surface area contributed by atoms with Crippen LogP contribution < -0.4 is 0 Å². The third kappa shape index (κ3) is 2.74. The van der Waals surface area contributed by atoms with E-state index in [0.29, 0.717) is 24.9 Å². The van der Waals surface area contributed by atoms with Crippen molar-refractivity contribution >= 4 is 22.7 Å². The zero-order chi connectivity index (χ0) is 21.0. The molecule has 0 saturated carbocycles. The van der Waals surface area contributed by atoms with Gasteiger partial charge in [-0.15, -0.1) is 0 Å². The minimum Gasteiger partial charge on any atom is -0.359 e. The van der Waals surface area contributed by atoms with Gasteiger partial charge in [0.2, 0.25) is 0 Å². The number of nitrogens with zero attached hydrogens (tertiary/aromatic N) is 5. The molecule has 3 aromatic rings. The van der Waals surface area contributed by atoms with Crippen molar-refractivity contribution in [2.24, 2.45) is 0 Å². The highest BCUT2D eigenvalue weighted by Crippen LogP contribution is 2.36. The van der Waals surface area contributed by atoms with Crippen LogP contribution in [0.2, 0.25) is 0 Å². The predicted octanol–water partition coefficient (Wildman–Crippen LogP) is 1.83. The fourth-order valence-electron chi connectivity index (χ4n) is 4.51. The van der Waals surface area contributed by atoms with Crippen LogP contribution in [-0.2, 0) is 6.18 Å². The number of halogens is 3. The van der Waals surface area contributed by atoms with Crippen molar-refractivity contribution in [3.63, 3.8) is 0 Å². The van der Waals surface area contributed by atoms with Crippen molar-refractivity contribution in [2.45, 2.75) is 31.1 Å². The molecule has 2 aliphatic rings. The van der Waals surface area contributed by atoms with E-state index in [-0.39, 0.29) is 24.5 Å². The largest absolute Gasteiger partial charge is 0.437 e. The minimum absolute atomic E-state index is 0.174. The van der Waals surface area contributed by atoms with E-state index >= 15 is 0 Å². The fourth-order valence-corrected chi connectivity index (χ4v) is 4.51. The molecule has 0 unspecified atom stereocenters. The summed E-state index contributed by atoms with van der Waals surface area (Å²) < 4.78 is 39.3. The van der Waals surface area contributed by atoms with Crippen molar-refractivity contribution in [2.75, 3.05) is 13.1 Å². The van der Waals surface area contributed by atoms with Gasteiger partial charge in [0.15, 0.2) is 11.4 Å². The Morgan fingerprint density at radius 3 is 2.47 bits per heavy atom. The summed E-state index contributed by atoms with van der Waals surface area (Å²) in [5.74, 6) is -0.997. The number of likely N-dealkylation sites (tertiary alicyclic amines) is 2. The molecule has 2 saturated heterocycles. The smallest absolute Gasteiger partial charge is 0.359 e. The molecule has 2 atom stereocenters. The second kappa shape index (κ2) is 6.54. The molecule has 5 rings (SSSR count). The number of carbonyl (C=O) groups is 2. The molecule has 0 radical (unpaired) electrons. The molecule has 2 amide bonds. The zero-order valence-electron chi connectivity index (χ0n) is 15.5. The molecule has 0 spiro atoms. The molecule has 0 aromatic carbocycles. The quantitative estimate of drug-likeness (QED) is 0.659. The number of hydrogen-bond donors (Lipinski definition) is 2. The molecule has 0 bridgehead atoms. The molecule has 5 heterocycles. The van der Waals surface area contributed by atoms with Crippen LogP contribution in [0.25, 0.3) is 10.9 Å².